The van der Waals surface area contributed by atoms with Gasteiger partial charge in [-0.15, -0.1) is 0 Å². The zero-order valence-electron chi connectivity index (χ0n) is 16.3. The van der Waals surface area contributed by atoms with Gasteiger partial charge in [-0.1, -0.05) is 48.5 Å². The van der Waals surface area contributed by atoms with Crippen molar-refractivity contribution in [3.8, 4) is 6.07 Å². The minimum atomic E-state index is -0.129. The number of ether oxygens (including phenoxy) is 1. The molecule has 1 atom stereocenters. The summed E-state index contributed by atoms with van der Waals surface area (Å²) in [4.78, 5) is 0. The Kier molecular flexibility index (Phi) is 4.79. The maximum atomic E-state index is 9.81. The normalized spacial score (nSPS) is 20.6. The van der Waals surface area contributed by atoms with Gasteiger partial charge in [-0.05, 0) is 72.6 Å². The van der Waals surface area contributed by atoms with E-state index in [1.807, 2.05) is 18.2 Å². The minimum Gasteiger partial charge on any atom is -0.440 e. The second kappa shape index (κ2) is 7.40. The van der Waals surface area contributed by atoms with Gasteiger partial charge in [0.1, 0.15) is 17.4 Å². The molecule has 2 aromatic rings. The van der Waals surface area contributed by atoms with Crippen molar-refractivity contribution in [3.05, 3.63) is 99.1 Å². The summed E-state index contributed by atoms with van der Waals surface area (Å²) >= 11 is 0. The quantitative estimate of drug-likeness (QED) is 0.747. The lowest BCUT2D eigenvalue weighted by molar-refractivity contribution is 0.277. The predicted molar refractivity (Wildman–Crippen MR) is 112 cm³/mol. The monoisotopic (exact) mass is 368 g/mol. The van der Waals surface area contributed by atoms with Crippen molar-refractivity contribution in [2.75, 3.05) is 0 Å². The predicted octanol–water partition coefficient (Wildman–Crippen LogP) is 5.63. The van der Waals surface area contributed by atoms with Crippen LogP contribution in [0.4, 0.5) is 0 Å². The van der Waals surface area contributed by atoms with Gasteiger partial charge in [0.25, 0.3) is 0 Å². The Morgan fingerprint density at radius 3 is 2.46 bits per heavy atom. The van der Waals surface area contributed by atoms with Gasteiger partial charge in [0.15, 0.2) is 0 Å². The van der Waals surface area contributed by atoms with Gasteiger partial charge in [0, 0.05) is 5.92 Å². The van der Waals surface area contributed by atoms with Crippen molar-refractivity contribution in [2.45, 2.75) is 39.0 Å². The second-order valence-electron chi connectivity index (χ2n) is 7.52. The molecule has 0 fully saturated rings. The molecular weight excluding hydrogens is 344 g/mol. The number of nitrogens with zero attached hydrogens (tertiary/aromatic N) is 1. The maximum Gasteiger partial charge on any atom is 0.205 e. The topological polar surface area (TPSA) is 59.0 Å². The van der Waals surface area contributed by atoms with Crippen LogP contribution < -0.4 is 5.73 Å². The molecule has 1 heterocycles. The first-order valence-corrected chi connectivity index (χ1v) is 9.73. The molecule has 3 nitrogen and oxygen atoms in total. The van der Waals surface area contributed by atoms with Crippen LogP contribution in [0.15, 0.2) is 76.9 Å². The van der Waals surface area contributed by atoms with Crippen LogP contribution in [0.5, 0.6) is 0 Å². The third-order valence-electron chi connectivity index (χ3n) is 5.73. The first kappa shape index (κ1) is 18.1. The fraction of sp³-hybridized carbons (Fsp3) is 0.240. The largest absolute Gasteiger partial charge is 0.440 e. The Morgan fingerprint density at radius 2 is 1.75 bits per heavy atom. The molecular formula is C25H24N2O. The standard InChI is InChI=1S/C25H24N2O/c1-16-8-3-5-10-18(16)14-19-11-7-13-21-23(20-12-6-4-9-17(20)2)22(15-26)25(27)28-24(19)21/h3-6,8-10,12,14,23H,7,11,13,27H2,1-2H3/b19-14-. The van der Waals surface area contributed by atoms with Crippen LogP contribution in [0.2, 0.25) is 0 Å². The number of nitriles is 1. The molecule has 2 aliphatic rings. The fourth-order valence-corrected chi connectivity index (χ4v) is 4.24. The third kappa shape index (κ3) is 3.12. The molecule has 0 spiro atoms. The Labute approximate surface area is 166 Å². The van der Waals surface area contributed by atoms with E-state index in [2.05, 4.69) is 56.3 Å². The molecule has 28 heavy (non-hydrogen) atoms. The van der Waals surface area contributed by atoms with Crippen LogP contribution in [-0.4, -0.2) is 0 Å². The molecule has 1 unspecified atom stereocenters. The Hall–Kier alpha value is -3.25. The average molecular weight is 368 g/mol. The van der Waals surface area contributed by atoms with Gasteiger partial charge in [-0.25, -0.2) is 0 Å². The highest BCUT2D eigenvalue weighted by Gasteiger charge is 2.36. The molecule has 0 saturated carbocycles. The summed E-state index contributed by atoms with van der Waals surface area (Å²) in [6.45, 7) is 4.20. The Balaban J connectivity index is 1.88. The van der Waals surface area contributed by atoms with Gasteiger partial charge in [-0.3, -0.25) is 0 Å². The third-order valence-corrected chi connectivity index (χ3v) is 5.73. The molecule has 0 radical (unpaired) electrons. The number of rotatable bonds is 2. The fourth-order valence-electron chi connectivity index (χ4n) is 4.24. The molecule has 3 heteroatoms. The van der Waals surface area contributed by atoms with E-state index >= 15 is 0 Å². The van der Waals surface area contributed by atoms with E-state index in [1.165, 1.54) is 16.7 Å². The highest BCUT2D eigenvalue weighted by Crippen LogP contribution is 2.47. The molecule has 0 saturated heterocycles. The van der Waals surface area contributed by atoms with Crippen molar-refractivity contribution in [3.63, 3.8) is 0 Å². The number of aryl methyl sites for hydroxylation is 2. The van der Waals surface area contributed by atoms with Gasteiger partial charge < -0.3 is 10.5 Å². The number of benzene rings is 2. The molecule has 0 aromatic heterocycles. The van der Waals surface area contributed by atoms with Crippen molar-refractivity contribution >= 4 is 6.08 Å². The van der Waals surface area contributed by atoms with E-state index in [0.717, 1.165) is 41.7 Å². The van der Waals surface area contributed by atoms with Crippen molar-refractivity contribution in [2.24, 2.45) is 5.73 Å². The smallest absolute Gasteiger partial charge is 0.205 e. The summed E-state index contributed by atoms with van der Waals surface area (Å²) in [7, 11) is 0. The van der Waals surface area contributed by atoms with Crippen molar-refractivity contribution < 1.29 is 4.74 Å². The van der Waals surface area contributed by atoms with Gasteiger partial charge >= 0.3 is 0 Å². The summed E-state index contributed by atoms with van der Waals surface area (Å²) in [6.07, 6.45) is 5.12. The van der Waals surface area contributed by atoms with Crippen LogP contribution in [0.25, 0.3) is 6.08 Å². The van der Waals surface area contributed by atoms with E-state index < -0.39 is 0 Å². The highest BCUT2D eigenvalue weighted by molar-refractivity contribution is 5.64. The van der Waals surface area contributed by atoms with Crippen LogP contribution in [0.3, 0.4) is 0 Å². The minimum absolute atomic E-state index is 0.129. The summed E-state index contributed by atoms with van der Waals surface area (Å²) < 4.78 is 6.06. The van der Waals surface area contributed by atoms with Gasteiger partial charge in [0.05, 0.1) is 0 Å². The second-order valence-corrected chi connectivity index (χ2v) is 7.52. The lowest BCUT2D eigenvalue weighted by atomic mass is 9.76. The van der Waals surface area contributed by atoms with E-state index in [1.54, 1.807) is 0 Å². The summed E-state index contributed by atoms with van der Waals surface area (Å²) in [5.41, 5.74) is 13.8. The molecule has 2 N–H and O–H groups in total. The molecule has 2 aromatic carbocycles. The lowest BCUT2D eigenvalue weighted by Crippen LogP contribution is -2.24. The molecule has 1 aliphatic carbocycles. The van der Waals surface area contributed by atoms with E-state index in [-0.39, 0.29) is 11.8 Å². The average Bonchev–Trinajstić information content (AvgIpc) is 2.70. The first-order valence-electron chi connectivity index (χ1n) is 9.73. The molecule has 1 aliphatic heterocycles. The van der Waals surface area contributed by atoms with E-state index in [9.17, 15) is 5.26 Å². The number of hydrogen-bond acceptors (Lipinski definition) is 3. The Morgan fingerprint density at radius 1 is 1.04 bits per heavy atom. The summed E-state index contributed by atoms with van der Waals surface area (Å²) in [6, 6.07) is 18.9. The van der Waals surface area contributed by atoms with Crippen LogP contribution in [0.1, 0.15) is 47.4 Å². The van der Waals surface area contributed by atoms with Crippen molar-refractivity contribution in [1.82, 2.24) is 0 Å². The zero-order chi connectivity index (χ0) is 19.7. The van der Waals surface area contributed by atoms with E-state index in [4.69, 9.17) is 10.5 Å². The summed E-state index contributed by atoms with van der Waals surface area (Å²) in [5.74, 6) is 0.960. The first-order chi connectivity index (χ1) is 13.6. The van der Waals surface area contributed by atoms with Crippen LogP contribution in [0, 0.1) is 25.2 Å². The van der Waals surface area contributed by atoms with Crippen LogP contribution >= 0.6 is 0 Å². The SMILES string of the molecule is Cc1ccccc1/C=C1/CCCC2=C1OC(N)=C(C#N)C2c1ccccc1C. The highest BCUT2D eigenvalue weighted by atomic mass is 16.5. The molecule has 0 bridgehead atoms. The van der Waals surface area contributed by atoms with Gasteiger partial charge in [0.2, 0.25) is 5.88 Å². The number of allylic oxidation sites excluding steroid dienone is 3. The molecule has 140 valence electrons. The lowest BCUT2D eigenvalue weighted by Gasteiger charge is -2.34. The summed E-state index contributed by atoms with van der Waals surface area (Å²) in [5, 5.41) is 9.81. The maximum absolute atomic E-state index is 9.81. The molecule has 0 amide bonds. The van der Waals surface area contributed by atoms with Crippen LogP contribution in [-0.2, 0) is 4.74 Å². The van der Waals surface area contributed by atoms with Gasteiger partial charge in [-0.2, -0.15) is 5.26 Å². The van der Waals surface area contributed by atoms with E-state index in [0.29, 0.717) is 5.57 Å². The number of nitrogens with two attached hydrogens (primary N) is 1. The molecule has 4 rings (SSSR count). The Bertz CT molecular complexity index is 1070. The zero-order valence-corrected chi connectivity index (χ0v) is 16.3. The number of hydrogen-bond donors (Lipinski definition) is 1. The van der Waals surface area contributed by atoms with Crippen molar-refractivity contribution in [1.29, 1.82) is 5.26 Å².